The minimum Gasteiger partial charge on any atom is -0.391 e. The van der Waals surface area contributed by atoms with Crippen LogP contribution in [0.1, 0.15) is 13.3 Å². The molecule has 0 radical (unpaired) electrons. The lowest BCUT2D eigenvalue weighted by atomic mass is 10.3. The van der Waals surface area contributed by atoms with E-state index in [1.165, 1.54) is 0 Å². The Morgan fingerprint density at radius 1 is 1.53 bits per heavy atom. The highest BCUT2D eigenvalue weighted by Crippen LogP contribution is 1.86. The van der Waals surface area contributed by atoms with Crippen LogP contribution in [0.2, 0.25) is 0 Å². The van der Waals surface area contributed by atoms with Crippen LogP contribution in [-0.4, -0.2) is 33.4 Å². The molecule has 94 valence electrons. The number of aliphatic hydroxyl groups is 1. The van der Waals surface area contributed by atoms with Gasteiger partial charge in [-0.05, 0) is 6.42 Å². The minimum atomic E-state index is -0.606. The second kappa shape index (κ2) is 6.00. The number of rotatable bonds is 5. The van der Waals surface area contributed by atoms with Crippen LogP contribution in [0.15, 0.2) is 21.7 Å². The zero-order valence-corrected chi connectivity index (χ0v) is 9.47. The van der Waals surface area contributed by atoms with Crippen molar-refractivity contribution in [3.8, 4) is 0 Å². The lowest BCUT2D eigenvalue weighted by Gasteiger charge is -2.10. The molecule has 0 aromatic carbocycles. The first-order valence-electron chi connectivity index (χ1n) is 5.28. The molecule has 1 amide bonds. The Kier molecular flexibility index (Phi) is 4.65. The Hall–Kier alpha value is -1.89. The molecule has 1 rings (SSSR count). The van der Waals surface area contributed by atoms with Crippen LogP contribution < -0.4 is 16.4 Å². The fourth-order valence-electron chi connectivity index (χ4n) is 1.16. The first-order chi connectivity index (χ1) is 8.02. The molecule has 0 aliphatic carbocycles. The molecule has 7 heteroatoms. The molecule has 0 bridgehead atoms. The van der Waals surface area contributed by atoms with Crippen molar-refractivity contribution >= 4 is 5.91 Å². The number of aromatic amines is 1. The predicted octanol–water partition coefficient (Wildman–Crippen LogP) is -1.58. The number of amides is 1. The molecular formula is C10H15N3O4. The second-order valence-electron chi connectivity index (χ2n) is 3.60. The van der Waals surface area contributed by atoms with E-state index >= 15 is 0 Å². The molecule has 1 heterocycles. The van der Waals surface area contributed by atoms with Gasteiger partial charge in [-0.2, -0.15) is 0 Å². The highest BCUT2D eigenvalue weighted by Gasteiger charge is 2.07. The fourth-order valence-corrected chi connectivity index (χ4v) is 1.16. The number of nitrogens with one attached hydrogen (secondary N) is 2. The number of H-pyrrole nitrogens is 1. The molecule has 0 spiro atoms. The first kappa shape index (κ1) is 13.2. The lowest BCUT2D eigenvalue weighted by Crippen LogP contribution is -2.38. The van der Waals surface area contributed by atoms with E-state index in [1.807, 2.05) is 0 Å². The average Bonchev–Trinajstić information content (AvgIpc) is 2.30. The van der Waals surface area contributed by atoms with Crippen molar-refractivity contribution in [3.63, 3.8) is 0 Å². The van der Waals surface area contributed by atoms with E-state index in [0.717, 1.165) is 16.8 Å². The summed E-state index contributed by atoms with van der Waals surface area (Å²) in [5.41, 5.74) is -0.915. The van der Waals surface area contributed by atoms with Gasteiger partial charge in [-0.25, -0.2) is 4.68 Å². The second-order valence-corrected chi connectivity index (χ2v) is 3.60. The Bertz CT molecular complexity index is 491. The van der Waals surface area contributed by atoms with Gasteiger partial charge in [0.05, 0.1) is 6.10 Å². The highest BCUT2D eigenvalue weighted by atomic mass is 16.3. The van der Waals surface area contributed by atoms with Gasteiger partial charge in [0, 0.05) is 18.7 Å². The number of carbonyl (C=O) groups is 1. The van der Waals surface area contributed by atoms with Gasteiger partial charge in [0.15, 0.2) is 0 Å². The summed E-state index contributed by atoms with van der Waals surface area (Å²) in [5, 5.41) is 13.9. The van der Waals surface area contributed by atoms with Gasteiger partial charge < -0.3 is 10.4 Å². The van der Waals surface area contributed by atoms with Crippen molar-refractivity contribution in [2.75, 3.05) is 6.54 Å². The van der Waals surface area contributed by atoms with Crippen molar-refractivity contribution < 1.29 is 9.90 Å². The third-order valence-electron chi connectivity index (χ3n) is 2.20. The molecular weight excluding hydrogens is 226 g/mol. The number of carbonyl (C=O) groups excluding carboxylic acids is 1. The molecule has 1 aromatic rings. The molecule has 0 aliphatic rings. The van der Waals surface area contributed by atoms with E-state index < -0.39 is 23.1 Å². The van der Waals surface area contributed by atoms with Crippen LogP contribution in [0.25, 0.3) is 0 Å². The van der Waals surface area contributed by atoms with E-state index in [-0.39, 0.29) is 13.1 Å². The van der Waals surface area contributed by atoms with Crippen LogP contribution in [0.4, 0.5) is 0 Å². The molecule has 1 atom stereocenters. The van der Waals surface area contributed by atoms with Gasteiger partial charge in [-0.1, -0.05) is 6.92 Å². The maximum atomic E-state index is 11.4. The molecule has 7 nitrogen and oxygen atoms in total. The van der Waals surface area contributed by atoms with Crippen molar-refractivity contribution in [1.82, 2.24) is 15.1 Å². The number of aromatic nitrogens is 2. The topological polar surface area (TPSA) is 104 Å². The van der Waals surface area contributed by atoms with Crippen molar-refractivity contribution in [1.29, 1.82) is 0 Å². The smallest absolute Gasteiger partial charge is 0.265 e. The largest absolute Gasteiger partial charge is 0.391 e. The van der Waals surface area contributed by atoms with E-state index in [1.54, 1.807) is 6.92 Å². The van der Waals surface area contributed by atoms with Crippen molar-refractivity contribution in [2.24, 2.45) is 0 Å². The van der Waals surface area contributed by atoms with Crippen LogP contribution in [0, 0.1) is 0 Å². The lowest BCUT2D eigenvalue weighted by molar-refractivity contribution is -0.122. The van der Waals surface area contributed by atoms with Gasteiger partial charge in [0.1, 0.15) is 6.54 Å². The van der Waals surface area contributed by atoms with Crippen LogP contribution in [-0.2, 0) is 11.3 Å². The predicted molar refractivity (Wildman–Crippen MR) is 60.6 cm³/mol. The number of hydrogen-bond acceptors (Lipinski definition) is 4. The Morgan fingerprint density at radius 3 is 2.88 bits per heavy atom. The molecule has 0 aliphatic heterocycles. The van der Waals surface area contributed by atoms with Gasteiger partial charge in [0.25, 0.3) is 11.1 Å². The summed E-state index contributed by atoms with van der Waals surface area (Å²) in [6.45, 7) is 1.64. The third kappa shape index (κ3) is 4.23. The van der Waals surface area contributed by atoms with E-state index in [0.29, 0.717) is 6.42 Å². The highest BCUT2D eigenvalue weighted by molar-refractivity contribution is 5.75. The molecule has 1 aromatic heterocycles. The Morgan fingerprint density at radius 2 is 2.24 bits per heavy atom. The zero-order valence-electron chi connectivity index (χ0n) is 9.47. The first-order valence-corrected chi connectivity index (χ1v) is 5.28. The quantitative estimate of drug-likeness (QED) is 0.579. The van der Waals surface area contributed by atoms with Crippen LogP contribution >= 0.6 is 0 Å². The van der Waals surface area contributed by atoms with Gasteiger partial charge in [-0.3, -0.25) is 19.5 Å². The van der Waals surface area contributed by atoms with E-state index in [4.69, 9.17) is 0 Å². The SMILES string of the molecule is CCC(O)CNC(=O)Cn1[nH]c(=O)ccc1=O. The van der Waals surface area contributed by atoms with Gasteiger partial charge >= 0.3 is 0 Å². The minimum absolute atomic E-state index is 0.126. The number of nitrogens with zero attached hydrogens (tertiary/aromatic N) is 1. The fraction of sp³-hybridized carbons (Fsp3) is 0.500. The van der Waals surface area contributed by atoms with Crippen molar-refractivity contribution in [3.05, 3.63) is 32.8 Å². The number of hydrogen-bond donors (Lipinski definition) is 3. The van der Waals surface area contributed by atoms with Gasteiger partial charge in [0.2, 0.25) is 5.91 Å². The molecule has 0 saturated carbocycles. The Labute approximate surface area is 97.1 Å². The summed E-state index contributed by atoms with van der Waals surface area (Å²) in [7, 11) is 0. The monoisotopic (exact) mass is 241 g/mol. The summed E-state index contributed by atoms with van der Waals surface area (Å²) in [4.78, 5) is 33.6. The van der Waals surface area contributed by atoms with Crippen LogP contribution in [0.5, 0.6) is 0 Å². The maximum Gasteiger partial charge on any atom is 0.265 e. The maximum absolute atomic E-state index is 11.4. The third-order valence-corrected chi connectivity index (χ3v) is 2.20. The summed E-state index contributed by atoms with van der Waals surface area (Å²) in [6, 6.07) is 2.19. The molecule has 3 N–H and O–H groups in total. The molecule has 0 fully saturated rings. The van der Waals surface area contributed by atoms with E-state index in [2.05, 4.69) is 10.4 Å². The summed E-state index contributed by atoms with van der Waals surface area (Å²) in [6.07, 6.45) is -0.0759. The summed E-state index contributed by atoms with van der Waals surface area (Å²) in [5.74, 6) is -0.443. The summed E-state index contributed by atoms with van der Waals surface area (Å²) >= 11 is 0. The number of aliphatic hydroxyl groups excluding tert-OH is 1. The molecule has 17 heavy (non-hydrogen) atoms. The Balaban J connectivity index is 2.59. The van der Waals surface area contributed by atoms with Crippen LogP contribution in [0.3, 0.4) is 0 Å². The zero-order chi connectivity index (χ0) is 12.8. The van der Waals surface area contributed by atoms with Crippen molar-refractivity contribution in [2.45, 2.75) is 26.0 Å². The average molecular weight is 241 g/mol. The molecule has 1 unspecified atom stereocenters. The van der Waals surface area contributed by atoms with E-state index in [9.17, 15) is 19.5 Å². The van der Waals surface area contributed by atoms with Gasteiger partial charge in [-0.15, -0.1) is 0 Å². The standard InChI is InChI=1S/C10H15N3O4/c1-2-7(14)5-11-9(16)6-13-10(17)4-3-8(15)12-13/h3-4,7,14H,2,5-6H2,1H3,(H,11,16)(H,12,15). The normalized spacial score (nSPS) is 12.1. The summed E-state index contributed by atoms with van der Waals surface area (Å²) < 4.78 is 0.913. The molecule has 0 saturated heterocycles.